The number of primary amides is 1. The van der Waals surface area contributed by atoms with E-state index in [0.717, 1.165) is 11.1 Å². The van der Waals surface area contributed by atoms with Crippen LogP contribution in [0.4, 0.5) is 5.69 Å². The van der Waals surface area contributed by atoms with Crippen LogP contribution in [0.2, 0.25) is 0 Å². The first kappa shape index (κ1) is 26.5. The maximum atomic E-state index is 13.2. The van der Waals surface area contributed by atoms with E-state index < -0.39 is 23.9 Å². The van der Waals surface area contributed by atoms with Crippen LogP contribution in [0.5, 0.6) is 0 Å². The lowest BCUT2D eigenvalue weighted by atomic mass is 9.93. The van der Waals surface area contributed by atoms with Gasteiger partial charge in [0.15, 0.2) is 0 Å². The Labute approximate surface area is 201 Å². The summed E-state index contributed by atoms with van der Waals surface area (Å²) in [7, 11) is 1.67. The van der Waals surface area contributed by atoms with E-state index in [1.165, 1.54) is 4.90 Å². The van der Waals surface area contributed by atoms with E-state index in [9.17, 15) is 14.4 Å². The van der Waals surface area contributed by atoms with Crippen LogP contribution in [0.1, 0.15) is 44.7 Å². The van der Waals surface area contributed by atoms with Crippen molar-refractivity contribution in [3.8, 4) is 0 Å². The number of fused-ring (bicyclic) bond motifs is 1. The summed E-state index contributed by atoms with van der Waals surface area (Å²) in [5, 5.41) is 2.76. The maximum absolute atomic E-state index is 13.2. The Kier molecular flexibility index (Phi) is 9.74. The van der Waals surface area contributed by atoms with Gasteiger partial charge in [-0.15, -0.1) is 6.58 Å². The number of hydrogen-bond acceptors (Lipinski definition) is 4. The molecular formula is C27H34N4O3. The molecule has 3 amide bonds. The molecule has 0 saturated heterocycles. The number of rotatable bonds is 7. The number of carbonyl (C=O) groups excluding carboxylic acids is 3. The third-order valence-electron chi connectivity index (χ3n) is 5.24. The summed E-state index contributed by atoms with van der Waals surface area (Å²) in [4.78, 5) is 43.9. The third kappa shape index (κ3) is 6.88. The van der Waals surface area contributed by atoms with E-state index in [4.69, 9.17) is 5.73 Å². The highest BCUT2D eigenvalue weighted by Crippen LogP contribution is 2.27. The van der Waals surface area contributed by atoms with Crippen molar-refractivity contribution in [2.45, 2.75) is 39.8 Å². The van der Waals surface area contributed by atoms with Crippen molar-refractivity contribution < 1.29 is 14.4 Å². The Balaban J connectivity index is 0.00000129. The molecule has 2 atom stereocenters. The van der Waals surface area contributed by atoms with Crippen molar-refractivity contribution in [1.29, 1.82) is 0 Å². The first-order chi connectivity index (χ1) is 16.2. The van der Waals surface area contributed by atoms with Crippen molar-refractivity contribution >= 4 is 29.1 Å². The van der Waals surface area contributed by atoms with E-state index in [0.29, 0.717) is 17.8 Å². The SMILES string of the molecule is C=CC.CC(C)C[C@H](CC(N)=O)C(=O)NC1N=C(c2ccccc2)c2ccccc2N(C)C1=O. The molecule has 34 heavy (non-hydrogen) atoms. The van der Waals surface area contributed by atoms with Gasteiger partial charge in [-0.25, -0.2) is 4.99 Å². The van der Waals surface area contributed by atoms with Crippen LogP contribution < -0.4 is 16.0 Å². The smallest absolute Gasteiger partial charge is 0.272 e. The molecule has 180 valence electrons. The van der Waals surface area contributed by atoms with Crippen LogP contribution in [0, 0.1) is 11.8 Å². The summed E-state index contributed by atoms with van der Waals surface area (Å²) < 4.78 is 0. The predicted octanol–water partition coefficient (Wildman–Crippen LogP) is 3.67. The number of aliphatic imine (C=N–C) groups is 1. The molecule has 7 nitrogen and oxygen atoms in total. The number of carbonyl (C=O) groups is 3. The molecule has 0 aromatic heterocycles. The van der Waals surface area contributed by atoms with Crippen LogP contribution in [0.15, 0.2) is 72.2 Å². The number of nitrogens with two attached hydrogens (primary N) is 1. The van der Waals surface area contributed by atoms with Gasteiger partial charge in [-0.05, 0) is 25.3 Å². The molecule has 0 aliphatic carbocycles. The largest absolute Gasteiger partial charge is 0.370 e. The van der Waals surface area contributed by atoms with E-state index >= 15 is 0 Å². The zero-order valence-electron chi connectivity index (χ0n) is 20.3. The van der Waals surface area contributed by atoms with Gasteiger partial charge in [0.2, 0.25) is 18.0 Å². The second-order valence-corrected chi connectivity index (χ2v) is 8.57. The average molecular weight is 463 g/mol. The Hall–Kier alpha value is -3.74. The van der Waals surface area contributed by atoms with Gasteiger partial charge in [0, 0.05) is 30.5 Å². The molecule has 3 N–H and O–H groups in total. The lowest BCUT2D eigenvalue weighted by molar-refractivity contribution is -0.132. The van der Waals surface area contributed by atoms with Crippen molar-refractivity contribution in [3.05, 3.63) is 78.4 Å². The molecule has 0 bridgehead atoms. The maximum Gasteiger partial charge on any atom is 0.272 e. The summed E-state index contributed by atoms with van der Waals surface area (Å²) in [6.45, 7) is 9.18. The number of amides is 3. The molecule has 2 aromatic carbocycles. The molecule has 1 aliphatic rings. The number of nitrogens with one attached hydrogen (secondary N) is 1. The summed E-state index contributed by atoms with van der Waals surface area (Å²) in [6, 6.07) is 17.0. The molecule has 1 heterocycles. The molecule has 1 aliphatic heterocycles. The summed E-state index contributed by atoms with van der Waals surface area (Å²) >= 11 is 0. The van der Waals surface area contributed by atoms with Crippen LogP contribution in [0.25, 0.3) is 0 Å². The highest BCUT2D eigenvalue weighted by atomic mass is 16.2. The van der Waals surface area contributed by atoms with Crippen LogP contribution in [0.3, 0.4) is 0 Å². The fourth-order valence-corrected chi connectivity index (χ4v) is 3.79. The summed E-state index contributed by atoms with van der Waals surface area (Å²) in [5.41, 5.74) is 8.32. The standard InChI is InChI=1S/C24H28N4O3.C3H6/c1-15(2)13-17(14-20(25)29)23(30)27-22-24(31)28(3)19-12-8-7-11-18(19)21(26-22)16-9-5-4-6-10-16;1-3-2/h4-12,15,17,22H,13-14H2,1-3H3,(H2,25,29)(H,27,30);3H,1H2,2H3/t17-,22?;/m1./s1. The number of benzene rings is 2. The topological polar surface area (TPSA) is 105 Å². The van der Waals surface area contributed by atoms with Gasteiger partial charge in [0.1, 0.15) is 0 Å². The van der Waals surface area contributed by atoms with Gasteiger partial charge in [-0.1, -0.05) is 68.5 Å². The second-order valence-electron chi connectivity index (χ2n) is 8.57. The van der Waals surface area contributed by atoms with Gasteiger partial charge in [0.05, 0.1) is 11.4 Å². The lowest BCUT2D eigenvalue weighted by Gasteiger charge is -2.23. The van der Waals surface area contributed by atoms with Crippen molar-refractivity contribution in [1.82, 2.24) is 5.32 Å². The monoisotopic (exact) mass is 462 g/mol. The first-order valence-electron chi connectivity index (χ1n) is 11.3. The Morgan fingerprint density at radius 1 is 1.15 bits per heavy atom. The molecule has 0 spiro atoms. The highest BCUT2D eigenvalue weighted by molar-refractivity contribution is 6.20. The molecule has 0 fully saturated rings. The van der Waals surface area contributed by atoms with E-state index in [1.54, 1.807) is 13.1 Å². The third-order valence-corrected chi connectivity index (χ3v) is 5.24. The van der Waals surface area contributed by atoms with Crippen molar-refractivity contribution in [2.24, 2.45) is 22.6 Å². The van der Waals surface area contributed by atoms with Gasteiger partial charge in [-0.3, -0.25) is 14.4 Å². The van der Waals surface area contributed by atoms with Crippen LogP contribution in [-0.4, -0.2) is 36.6 Å². The Morgan fingerprint density at radius 2 is 1.74 bits per heavy atom. The Morgan fingerprint density at radius 3 is 2.32 bits per heavy atom. The predicted molar refractivity (Wildman–Crippen MR) is 136 cm³/mol. The van der Waals surface area contributed by atoms with Gasteiger partial charge in [0.25, 0.3) is 5.91 Å². The van der Waals surface area contributed by atoms with E-state index in [2.05, 4.69) is 16.9 Å². The number of para-hydroxylation sites is 1. The summed E-state index contributed by atoms with van der Waals surface area (Å²) in [5.74, 6) is -1.73. The highest BCUT2D eigenvalue weighted by Gasteiger charge is 2.33. The number of anilines is 1. The number of nitrogens with zero attached hydrogens (tertiary/aromatic N) is 2. The number of likely N-dealkylation sites (N-methyl/N-ethyl adjacent to an activating group) is 1. The minimum Gasteiger partial charge on any atom is -0.370 e. The van der Waals surface area contributed by atoms with E-state index in [-0.39, 0.29) is 18.2 Å². The van der Waals surface area contributed by atoms with Gasteiger partial charge in [-0.2, -0.15) is 0 Å². The normalized spacial score (nSPS) is 15.8. The van der Waals surface area contributed by atoms with Crippen LogP contribution >= 0.6 is 0 Å². The van der Waals surface area contributed by atoms with E-state index in [1.807, 2.05) is 75.4 Å². The number of benzodiazepines with no additional fused rings is 1. The number of hydrogen-bond donors (Lipinski definition) is 2. The quantitative estimate of drug-likeness (QED) is 0.613. The average Bonchev–Trinajstić information content (AvgIpc) is 2.90. The van der Waals surface area contributed by atoms with Crippen LogP contribution in [-0.2, 0) is 14.4 Å². The lowest BCUT2D eigenvalue weighted by Crippen LogP contribution is -2.48. The van der Waals surface area contributed by atoms with Crippen molar-refractivity contribution in [3.63, 3.8) is 0 Å². The molecule has 0 radical (unpaired) electrons. The minimum atomic E-state index is -1.11. The molecule has 2 aromatic rings. The Bertz CT molecular complexity index is 1050. The van der Waals surface area contributed by atoms with Gasteiger partial charge >= 0.3 is 0 Å². The second kappa shape index (κ2) is 12.5. The minimum absolute atomic E-state index is 0.0732. The molecule has 3 rings (SSSR count). The first-order valence-corrected chi connectivity index (χ1v) is 11.3. The zero-order chi connectivity index (χ0) is 25.3. The molecule has 7 heteroatoms. The molecule has 1 unspecified atom stereocenters. The van der Waals surface area contributed by atoms with Gasteiger partial charge < -0.3 is 16.0 Å². The van der Waals surface area contributed by atoms with Crippen molar-refractivity contribution in [2.75, 3.05) is 11.9 Å². The number of allylic oxidation sites excluding steroid dienone is 1. The molecule has 0 saturated carbocycles. The summed E-state index contributed by atoms with van der Waals surface area (Å²) in [6.07, 6.45) is 1.06. The fraction of sp³-hybridized carbons (Fsp3) is 0.333. The fourth-order valence-electron chi connectivity index (χ4n) is 3.79. The zero-order valence-corrected chi connectivity index (χ0v) is 20.3. The molecular weight excluding hydrogens is 428 g/mol.